The maximum atomic E-state index is 6.32. The predicted octanol–water partition coefficient (Wildman–Crippen LogP) is 5.51. The van der Waals surface area contributed by atoms with Gasteiger partial charge >= 0.3 is 0 Å². The van der Waals surface area contributed by atoms with Crippen molar-refractivity contribution in [3.63, 3.8) is 0 Å². The molecule has 1 atom stereocenters. The number of hydrogen-bond acceptors (Lipinski definition) is 4. The van der Waals surface area contributed by atoms with Crippen LogP contribution in [-0.2, 0) is 6.42 Å². The number of hydrogen-bond donors (Lipinski definition) is 0. The highest BCUT2D eigenvalue weighted by Gasteiger charge is 2.14. The van der Waals surface area contributed by atoms with Gasteiger partial charge < -0.3 is 14.4 Å². The van der Waals surface area contributed by atoms with Gasteiger partial charge in [-0.25, -0.2) is 0 Å². The van der Waals surface area contributed by atoms with Crippen LogP contribution in [0.4, 0.5) is 0 Å². The second kappa shape index (κ2) is 9.28. The van der Waals surface area contributed by atoms with Crippen molar-refractivity contribution in [1.29, 1.82) is 0 Å². The molecule has 4 rings (SSSR count). The van der Waals surface area contributed by atoms with E-state index in [0.717, 1.165) is 48.9 Å². The highest BCUT2D eigenvalue weighted by molar-refractivity contribution is 5.57. The van der Waals surface area contributed by atoms with Crippen molar-refractivity contribution in [2.24, 2.45) is 4.99 Å². The Morgan fingerprint density at radius 2 is 1.55 bits per heavy atom. The summed E-state index contributed by atoms with van der Waals surface area (Å²) in [6.45, 7) is 4.88. The van der Waals surface area contributed by atoms with E-state index in [2.05, 4.69) is 41.1 Å². The van der Waals surface area contributed by atoms with Crippen LogP contribution in [0, 0.1) is 0 Å². The number of nitrogens with zero attached hydrogens (tertiary/aromatic N) is 2. The molecule has 1 aliphatic heterocycles. The average Bonchev–Trinajstić information content (AvgIpc) is 3.29. The van der Waals surface area contributed by atoms with E-state index in [9.17, 15) is 0 Å². The first-order valence-electron chi connectivity index (χ1n) is 10.1. The van der Waals surface area contributed by atoms with Crippen LogP contribution in [0.5, 0.6) is 17.2 Å². The van der Waals surface area contributed by atoms with Gasteiger partial charge in [0.05, 0.1) is 12.9 Å². The Hall–Kier alpha value is -3.27. The van der Waals surface area contributed by atoms with Crippen LogP contribution in [0.15, 0.2) is 83.9 Å². The molecule has 0 aliphatic carbocycles. The predicted molar refractivity (Wildman–Crippen MR) is 117 cm³/mol. The van der Waals surface area contributed by atoms with E-state index in [1.807, 2.05) is 60.9 Å². The third-order valence-corrected chi connectivity index (χ3v) is 5.04. The van der Waals surface area contributed by atoms with Gasteiger partial charge in [-0.3, -0.25) is 4.99 Å². The number of benzene rings is 3. The largest absolute Gasteiger partial charge is 0.482 e. The fourth-order valence-corrected chi connectivity index (χ4v) is 3.39. The Morgan fingerprint density at radius 3 is 2.31 bits per heavy atom. The van der Waals surface area contributed by atoms with Gasteiger partial charge in [0.2, 0.25) is 0 Å². The summed E-state index contributed by atoms with van der Waals surface area (Å²) in [5.41, 5.74) is 2.31. The quantitative estimate of drug-likeness (QED) is 0.512. The maximum Gasteiger partial charge on any atom is 0.169 e. The van der Waals surface area contributed by atoms with Crippen LogP contribution in [0.1, 0.15) is 24.2 Å². The van der Waals surface area contributed by atoms with E-state index in [1.165, 1.54) is 5.56 Å². The van der Waals surface area contributed by atoms with E-state index in [-0.39, 0.29) is 6.10 Å². The van der Waals surface area contributed by atoms with Crippen molar-refractivity contribution in [1.82, 2.24) is 4.90 Å². The summed E-state index contributed by atoms with van der Waals surface area (Å²) in [6, 6.07) is 26.3. The van der Waals surface area contributed by atoms with Gasteiger partial charge in [-0.2, -0.15) is 0 Å². The fourth-order valence-electron chi connectivity index (χ4n) is 3.39. The van der Waals surface area contributed by atoms with Gasteiger partial charge in [0, 0.05) is 13.1 Å². The SMILES string of the molecule is CC(Oc1ccccc1Oc1ccccc1CCN1C=NCC1)c1ccccc1. The highest BCUT2D eigenvalue weighted by atomic mass is 16.5. The molecule has 4 heteroatoms. The van der Waals surface area contributed by atoms with Crippen molar-refractivity contribution >= 4 is 6.34 Å². The number of para-hydroxylation sites is 3. The zero-order chi connectivity index (χ0) is 19.9. The summed E-state index contributed by atoms with van der Waals surface area (Å²) >= 11 is 0. The number of rotatable bonds is 8. The van der Waals surface area contributed by atoms with Crippen molar-refractivity contribution in [3.05, 3.63) is 90.0 Å². The Kier molecular flexibility index (Phi) is 6.10. The number of ether oxygens (including phenoxy) is 2. The summed E-state index contributed by atoms with van der Waals surface area (Å²) in [7, 11) is 0. The summed E-state index contributed by atoms with van der Waals surface area (Å²) in [6.07, 6.45) is 2.79. The average molecular weight is 386 g/mol. The lowest BCUT2D eigenvalue weighted by atomic mass is 10.1. The van der Waals surface area contributed by atoms with Gasteiger partial charge in [-0.05, 0) is 42.7 Å². The lowest BCUT2D eigenvalue weighted by molar-refractivity contribution is 0.218. The van der Waals surface area contributed by atoms with Crippen molar-refractivity contribution in [2.75, 3.05) is 19.6 Å². The van der Waals surface area contributed by atoms with Gasteiger partial charge in [-0.15, -0.1) is 0 Å². The summed E-state index contributed by atoms with van der Waals surface area (Å²) in [4.78, 5) is 6.53. The minimum absolute atomic E-state index is 0.0642. The van der Waals surface area contributed by atoms with Crippen LogP contribution < -0.4 is 9.47 Å². The standard InChI is InChI=1S/C25H26N2O2/c1-20(21-9-3-2-4-10-21)28-24-13-7-8-14-25(24)29-23-12-6-5-11-22(23)15-17-27-18-16-26-19-27/h2-14,19-20H,15-18H2,1H3. The smallest absolute Gasteiger partial charge is 0.169 e. The van der Waals surface area contributed by atoms with Gasteiger partial charge in [-0.1, -0.05) is 60.7 Å². The first-order valence-corrected chi connectivity index (χ1v) is 10.1. The zero-order valence-electron chi connectivity index (χ0n) is 16.7. The molecule has 1 heterocycles. The molecule has 0 bridgehead atoms. The summed E-state index contributed by atoms with van der Waals surface area (Å²) < 4.78 is 12.5. The van der Waals surface area contributed by atoms with Gasteiger partial charge in [0.25, 0.3) is 0 Å². The van der Waals surface area contributed by atoms with E-state index in [4.69, 9.17) is 9.47 Å². The molecule has 0 spiro atoms. The van der Waals surface area contributed by atoms with Crippen LogP contribution in [0.2, 0.25) is 0 Å². The van der Waals surface area contributed by atoms with Crippen molar-refractivity contribution in [2.45, 2.75) is 19.4 Å². The van der Waals surface area contributed by atoms with Crippen molar-refractivity contribution < 1.29 is 9.47 Å². The van der Waals surface area contributed by atoms with Crippen LogP contribution in [0.25, 0.3) is 0 Å². The number of aliphatic imine (C=N–C) groups is 1. The highest BCUT2D eigenvalue weighted by Crippen LogP contribution is 2.35. The van der Waals surface area contributed by atoms with E-state index < -0.39 is 0 Å². The second-order valence-corrected chi connectivity index (χ2v) is 7.13. The first kappa shape index (κ1) is 19.1. The summed E-state index contributed by atoms with van der Waals surface area (Å²) in [5, 5.41) is 0. The molecular formula is C25H26N2O2. The zero-order valence-corrected chi connectivity index (χ0v) is 16.7. The molecule has 0 fully saturated rings. The minimum atomic E-state index is -0.0642. The Bertz CT molecular complexity index is 956. The second-order valence-electron chi connectivity index (χ2n) is 7.13. The molecule has 3 aromatic rings. The molecule has 0 N–H and O–H groups in total. The lowest BCUT2D eigenvalue weighted by Gasteiger charge is -2.19. The van der Waals surface area contributed by atoms with Crippen LogP contribution in [-0.4, -0.2) is 30.9 Å². The van der Waals surface area contributed by atoms with E-state index >= 15 is 0 Å². The molecule has 3 aromatic carbocycles. The topological polar surface area (TPSA) is 34.1 Å². The third-order valence-electron chi connectivity index (χ3n) is 5.04. The van der Waals surface area contributed by atoms with Crippen molar-refractivity contribution in [3.8, 4) is 17.2 Å². The Labute approximate surface area is 172 Å². The van der Waals surface area contributed by atoms with Crippen LogP contribution in [0.3, 0.4) is 0 Å². The minimum Gasteiger partial charge on any atom is -0.482 e. The molecule has 29 heavy (non-hydrogen) atoms. The maximum absolute atomic E-state index is 6.32. The molecule has 0 amide bonds. The molecule has 4 nitrogen and oxygen atoms in total. The molecule has 0 aromatic heterocycles. The summed E-state index contributed by atoms with van der Waals surface area (Å²) in [5.74, 6) is 2.34. The molecule has 1 aliphatic rings. The molecular weight excluding hydrogens is 360 g/mol. The monoisotopic (exact) mass is 386 g/mol. The molecule has 1 unspecified atom stereocenters. The van der Waals surface area contributed by atoms with E-state index in [1.54, 1.807) is 0 Å². The van der Waals surface area contributed by atoms with E-state index in [0.29, 0.717) is 0 Å². The Balaban J connectivity index is 1.49. The first-order chi connectivity index (χ1) is 14.3. The molecule has 0 radical (unpaired) electrons. The Morgan fingerprint density at radius 1 is 0.862 bits per heavy atom. The molecule has 148 valence electrons. The molecule has 0 saturated heterocycles. The lowest BCUT2D eigenvalue weighted by Crippen LogP contribution is -2.22. The van der Waals surface area contributed by atoms with Crippen LogP contribution >= 0.6 is 0 Å². The third kappa shape index (κ3) is 4.96. The molecule has 0 saturated carbocycles. The van der Waals surface area contributed by atoms with Gasteiger partial charge in [0.1, 0.15) is 11.9 Å². The fraction of sp³-hybridized carbons (Fsp3) is 0.240. The normalized spacial score (nSPS) is 14.0. The van der Waals surface area contributed by atoms with Gasteiger partial charge in [0.15, 0.2) is 11.5 Å².